The summed E-state index contributed by atoms with van der Waals surface area (Å²) in [5.74, 6) is -0.0618. The van der Waals surface area contributed by atoms with Crippen LogP contribution >= 0.6 is 0 Å². The Labute approximate surface area is 105 Å². The number of aryl methyl sites for hydroxylation is 1. The molecule has 0 unspecified atom stereocenters. The van der Waals surface area contributed by atoms with E-state index in [4.69, 9.17) is 4.55 Å². The predicted molar refractivity (Wildman–Crippen MR) is 66.5 cm³/mol. The molecule has 0 aromatic heterocycles. The van der Waals surface area contributed by atoms with Crippen molar-refractivity contribution >= 4 is 27.3 Å². The van der Waals surface area contributed by atoms with E-state index in [0.717, 1.165) is 0 Å². The largest absolute Gasteiger partial charge is 0.294 e. The molecule has 1 aromatic rings. The lowest BCUT2D eigenvalue weighted by Gasteiger charge is -2.15. The van der Waals surface area contributed by atoms with Crippen LogP contribution in [-0.2, 0) is 14.9 Å². The summed E-state index contributed by atoms with van der Waals surface area (Å²) < 4.78 is 30.9. The molecule has 0 spiro atoms. The quantitative estimate of drug-likeness (QED) is 0.809. The van der Waals surface area contributed by atoms with E-state index in [1.807, 2.05) is 0 Å². The van der Waals surface area contributed by atoms with Gasteiger partial charge in [0.2, 0.25) is 0 Å². The van der Waals surface area contributed by atoms with Crippen molar-refractivity contribution in [1.82, 2.24) is 0 Å². The van der Waals surface area contributed by atoms with Crippen LogP contribution in [0.4, 0.5) is 5.69 Å². The zero-order valence-corrected chi connectivity index (χ0v) is 10.7. The van der Waals surface area contributed by atoms with Gasteiger partial charge >= 0.3 is 0 Å². The summed E-state index contributed by atoms with van der Waals surface area (Å²) in [4.78, 5) is 11.2. The number of carbonyl (C=O) groups excluding carboxylic acids is 1. The normalized spacial score (nSPS) is 16.1. The van der Waals surface area contributed by atoms with Gasteiger partial charge in [-0.25, -0.2) is 0 Å². The van der Waals surface area contributed by atoms with Gasteiger partial charge in [0.15, 0.2) is 5.78 Å². The molecule has 0 atom stereocenters. The second kappa shape index (κ2) is 4.18. The highest BCUT2D eigenvalue weighted by molar-refractivity contribution is 7.85. The zero-order valence-electron chi connectivity index (χ0n) is 9.91. The van der Waals surface area contributed by atoms with E-state index in [1.54, 1.807) is 13.8 Å². The number of Topliss-reactive ketones (excluding diaryl/α,β-unsaturated/α-hetero) is 1. The highest BCUT2D eigenvalue weighted by Crippen LogP contribution is 2.25. The maximum atomic E-state index is 11.4. The van der Waals surface area contributed by atoms with Crippen molar-refractivity contribution in [3.8, 4) is 0 Å². The number of nitrogens with zero attached hydrogens (tertiary/aromatic N) is 2. The lowest BCUT2D eigenvalue weighted by Crippen LogP contribution is -2.19. The summed E-state index contributed by atoms with van der Waals surface area (Å²) >= 11 is 0. The molecule has 0 aliphatic carbocycles. The topological polar surface area (TPSA) is 87.0 Å². The third kappa shape index (κ3) is 2.27. The van der Waals surface area contributed by atoms with Crippen molar-refractivity contribution in [2.24, 2.45) is 5.10 Å². The van der Waals surface area contributed by atoms with Crippen LogP contribution < -0.4 is 5.01 Å². The lowest BCUT2D eigenvalue weighted by atomic mass is 10.2. The smallest absolute Gasteiger partial charge is 0.291 e. The van der Waals surface area contributed by atoms with E-state index in [-0.39, 0.29) is 17.2 Å². The number of hydrogen-bond acceptors (Lipinski definition) is 5. The monoisotopic (exact) mass is 268 g/mol. The molecular formula is C11H12N2O4S. The predicted octanol–water partition coefficient (Wildman–Crippen LogP) is 1.01. The molecule has 0 fully saturated rings. The molecule has 7 heteroatoms. The molecule has 1 N–H and O–H groups in total. The molecule has 6 nitrogen and oxygen atoms in total. The average Bonchev–Trinajstić information content (AvgIpc) is 2.57. The summed E-state index contributed by atoms with van der Waals surface area (Å²) in [5.41, 5.74) is 1.69. The highest BCUT2D eigenvalue weighted by Gasteiger charge is 2.23. The minimum Gasteiger partial charge on any atom is -0.291 e. The van der Waals surface area contributed by atoms with Crippen LogP contribution in [0.2, 0.25) is 0 Å². The number of rotatable bonds is 2. The van der Waals surface area contributed by atoms with Crippen molar-refractivity contribution < 1.29 is 17.8 Å². The van der Waals surface area contributed by atoms with Gasteiger partial charge in [-0.15, -0.1) is 0 Å². The zero-order chi connectivity index (χ0) is 13.5. The third-order valence-corrected chi connectivity index (χ3v) is 3.56. The molecule has 2 rings (SSSR count). The van der Waals surface area contributed by atoms with Gasteiger partial charge in [0, 0.05) is 0 Å². The van der Waals surface area contributed by atoms with E-state index >= 15 is 0 Å². The average molecular weight is 268 g/mol. The number of hydrazone groups is 1. The fourth-order valence-electron chi connectivity index (χ4n) is 1.74. The second-order valence-electron chi connectivity index (χ2n) is 4.09. The van der Waals surface area contributed by atoms with E-state index in [9.17, 15) is 13.2 Å². The van der Waals surface area contributed by atoms with Crippen LogP contribution in [0.15, 0.2) is 28.2 Å². The van der Waals surface area contributed by atoms with Crippen molar-refractivity contribution in [2.75, 3.05) is 11.6 Å². The summed E-state index contributed by atoms with van der Waals surface area (Å²) in [6, 6.07) is 4.15. The Bertz CT molecular complexity index is 649. The maximum absolute atomic E-state index is 11.4. The third-order valence-electron chi connectivity index (χ3n) is 2.71. The van der Waals surface area contributed by atoms with Gasteiger partial charge in [-0.3, -0.25) is 14.4 Å². The van der Waals surface area contributed by atoms with Crippen molar-refractivity contribution in [1.29, 1.82) is 0 Å². The van der Waals surface area contributed by atoms with Gasteiger partial charge < -0.3 is 0 Å². The van der Waals surface area contributed by atoms with Crippen LogP contribution in [0.3, 0.4) is 0 Å². The van der Waals surface area contributed by atoms with Gasteiger partial charge in [0.05, 0.1) is 10.6 Å². The maximum Gasteiger partial charge on any atom is 0.294 e. The molecule has 0 saturated heterocycles. The van der Waals surface area contributed by atoms with Crippen LogP contribution in [0.25, 0.3) is 0 Å². The van der Waals surface area contributed by atoms with Gasteiger partial charge in [0.25, 0.3) is 10.1 Å². The Morgan fingerprint density at radius 1 is 1.33 bits per heavy atom. The Morgan fingerprint density at radius 2 is 2.00 bits per heavy atom. The van der Waals surface area contributed by atoms with Gasteiger partial charge in [-0.2, -0.15) is 13.5 Å². The van der Waals surface area contributed by atoms with Crippen LogP contribution in [0.5, 0.6) is 0 Å². The summed E-state index contributed by atoms with van der Waals surface area (Å²) in [6.07, 6.45) is 0. The summed E-state index contributed by atoms with van der Waals surface area (Å²) in [7, 11) is -4.21. The second-order valence-corrected chi connectivity index (χ2v) is 5.51. The lowest BCUT2D eigenvalue weighted by molar-refractivity contribution is -0.111. The number of benzene rings is 1. The number of hydrogen-bond donors (Lipinski definition) is 1. The minimum absolute atomic E-state index is 0.0618. The van der Waals surface area contributed by atoms with Gasteiger partial charge in [0.1, 0.15) is 12.3 Å². The first kappa shape index (κ1) is 12.7. The van der Waals surface area contributed by atoms with Crippen LogP contribution in [0.1, 0.15) is 12.5 Å². The van der Waals surface area contributed by atoms with Crippen molar-refractivity contribution in [2.45, 2.75) is 18.7 Å². The molecule has 18 heavy (non-hydrogen) atoms. The molecule has 1 aliphatic heterocycles. The van der Waals surface area contributed by atoms with Crippen LogP contribution in [-0.4, -0.2) is 31.0 Å². The first-order chi connectivity index (χ1) is 8.29. The molecule has 0 saturated carbocycles. The first-order valence-corrected chi connectivity index (χ1v) is 6.67. The number of carbonyl (C=O) groups is 1. The molecule has 1 heterocycles. The molecular weight excluding hydrogens is 256 g/mol. The molecule has 1 aromatic carbocycles. The fraction of sp³-hybridized carbons (Fsp3) is 0.273. The van der Waals surface area contributed by atoms with Gasteiger partial charge in [-0.1, -0.05) is 0 Å². The molecule has 0 amide bonds. The van der Waals surface area contributed by atoms with Gasteiger partial charge in [-0.05, 0) is 37.6 Å². The Morgan fingerprint density at radius 3 is 2.44 bits per heavy atom. The molecule has 1 aliphatic rings. The SMILES string of the molecule is CC1=NN(c2ccc(S(=O)(=O)O)cc2C)CC1=O. The molecule has 0 radical (unpaired) electrons. The highest BCUT2D eigenvalue weighted by atomic mass is 32.2. The van der Waals surface area contributed by atoms with Crippen LogP contribution in [0, 0.1) is 6.92 Å². The molecule has 0 bridgehead atoms. The van der Waals surface area contributed by atoms with Crippen molar-refractivity contribution in [3.63, 3.8) is 0 Å². The fourth-order valence-corrected chi connectivity index (χ4v) is 2.31. The first-order valence-electron chi connectivity index (χ1n) is 5.23. The van der Waals surface area contributed by atoms with Crippen molar-refractivity contribution in [3.05, 3.63) is 23.8 Å². The van der Waals surface area contributed by atoms with E-state index in [0.29, 0.717) is 17.0 Å². The standard InChI is InChI=1S/C11H12N2O4S/c1-7-5-9(18(15,16)17)3-4-10(7)13-6-11(14)8(2)12-13/h3-5H,6H2,1-2H3,(H,15,16,17). The van der Waals surface area contributed by atoms with E-state index in [1.165, 1.54) is 23.2 Å². The van der Waals surface area contributed by atoms with E-state index < -0.39 is 10.1 Å². The Kier molecular flexibility index (Phi) is 2.95. The Hall–Kier alpha value is -1.73. The van der Waals surface area contributed by atoms with E-state index in [2.05, 4.69) is 5.10 Å². The molecule has 96 valence electrons. The minimum atomic E-state index is -4.21. The summed E-state index contributed by atoms with van der Waals surface area (Å²) in [6.45, 7) is 3.47. The Balaban J connectivity index is 2.41. The number of anilines is 1. The summed E-state index contributed by atoms with van der Waals surface area (Å²) in [5, 5.41) is 5.60. The number of ketones is 1.